The Balaban J connectivity index is 1.99. The second-order valence-electron chi connectivity index (χ2n) is 4.51. The first-order valence-corrected chi connectivity index (χ1v) is 7.06. The van der Waals surface area contributed by atoms with E-state index in [4.69, 9.17) is 5.11 Å². The fraction of sp³-hybridized carbons (Fsp3) is 0.250. The van der Waals surface area contributed by atoms with E-state index in [-0.39, 0.29) is 6.61 Å². The molecule has 0 heterocycles. The fourth-order valence-electron chi connectivity index (χ4n) is 1.71. The molecule has 1 nitrogen and oxygen atoms in total. The maximum absolute atomic E-state index is 8.99. The van der Waals surface area contributed by atoms with E-state index in [2.05, 4.69) is 44.2 Å². The van der Waals surface area contributed by atoms with Crippen LogP contribution in [0.25, 0.3) is 0 Å². The summed E-state index contributed by atoms with van der Waals surface area (Å²) < 4.78 is 0. The van der Waals surface area contributed by atoms with Gasteiger partial charge in [0, 0.05) is 10.6 Å². The largest absolute Gasteiger partial charge is 0.392 e. The van der Waals surface area contributed by atoms with E-state index in [9.17, 15) is 0 Å². The third kappa shape index (κ3) is 3.37. The minimum Gasteiger partial charge on any atom is -0.392 e. The lowest BCUT2D eigenvalue weighted by atomic mass is 10.1. The Morgan fingerprint density at radius 2 is 1.56 bits per heavy atom. The number of rotatable bonds is 4. The first-order valence-electron chi connectivity index (χ1n) is 6.08. The molecule has 0 aliphatic heterocycles. The van der Waals surface area contributed by atoms with E-state index in [1.807, 2.05) is 23.9 Å². The van der Waals surface area contributed by atoms with Crippen LogP contribution >= 0.6 is 11.8 Å². The zero-order valence-electron chi connectivity index (χ0n) is 10.8. The number of hydrogen-bond donors (Lipinski definition) is 1. The predicted molar refractivity (Wildman–Crippen MR) is 77.8 cm³/mol. The van der Waals surface area contributed by atoms with Crippen molar-refractivity contribution in [2.75, 3.05) is 0 Å². The molecule has 2 heteroatoms. The van der Waals surface area contributed by atoms with Crippen molar-refractivity contribution in [1.82, 2.24) is 0 Å². The van der Waals surface area contributed by atoms with Crippen LogP contribution in [0.5, 0.6) is 0 Å². The Morgan fingerprint density at radius 1 is 0.889 bits per heavy atom. The minimum atomic E-state index is 0.116. The van der Waals surface area contributed by atoms with Crippen molar-refractivity contribution in [1.29, 1.82) is 0 Å². The maximum atomic E-state index is 8.99. The average Bonchev–Trinajstić information content (AvgIpc) is 2.41. The molecule has 0 amide bonds. The van der Waals surface area contributed by atoms with Gasteiger partial charge in [0.05, 0.1) is 6.61 Å². The Kier molecular flexibility index (Phi) is 4.45. The molecule has 0 aliphatic carbocycles. The van der Waals surface area contributed by atoms with E-state index < -0.39 is 0 Å². The minimum absolute atomic E-state index is 0.116. The van der Waals surface area contributed by atoms with Crippen LogP contribution in [0.15, 0.2) is 47.4 Å². The SMILES string of the molecule is Cc1ccc(SCc2ccc(CO)cc2)cc1C. The summed E-state index contributed by atoms with van der Waals surface area (Å²) in [6.45, 7) is 4.40. The quantitative estimate of drug-likeness (QED) is 0.834. The van der Waals surface area contributed by atoms with Crippen LogP contribution in [-0.2, 0) is 12.4 Å². The molecular formula is C16H18OS. The van der Waals surface area contributed by atoms with E-state index in [0.717, 1.165) is 11.3 Å². The summed E-state index contributed by atoms with van der Waals surface area (Å²) in [5.41, 5.74) is 4.94. The molecule has 0 unspecified atom stereocenters. The van der Waals surface area contributed by atoms with Gasteiger partial charge < -0.3 is 5.11 Å². The van der Waals surface area contributed by atoms with Crippen LogP contribution in [0.1, 0.15) is 22.3 Å². The fourth-order valence-corrected chi connectivity index (χ4v) is 2.66. The van der Waals surface area contributed by atoms with Crippen molar-refractivity contribution in [3.05, 3.63) is 64.7 Å². The predicted octanol–water partition coefficient (Wildman–Crippen LogP) is 4.09. The van der Waals surface area contributed by atoms with Gasteiger partial charge in [-0.05, 0) is 48.2 Å². The van der Waals surface area contributed by atoms with Crippen molar-refractivity contribution < 1.29 is 5.11 Å². The molecule has 0 aliphatic rings. The number of aliphatic hydroxyl groups is 1. The standard InChI is InChI=1S/C16H18OS/c1-12-3-8-16(9-13(12)2)18-11-15-6-4-14(10-17)5-7-15/h3-9,17H,10-11H2,1-2H3. The summed E-state index contributed by atoms with van der Waals surface area (Å²) in [6.07, 6.45) is 0. The van der Waals surface area contributed by atoms with Gasteiger partial charge in [-0.2, -0.15) is 0 Å². The number of aliphatic hydroxyl groups excluding tert-OH is 1. The van der Waals surface area contributed by atoms with Crippen molar-refractivity contribution >= 4 is 11.8 Å². The summed E-state index contributed by atoms with van der Waals surface area (Å²) in [7, 11) is 0. The molecule has 94 valence electrons. The summed E-state index contributed by atoms with van der Waals surface area (Å²) in [4.78, 5) is 1.31. The molecular weight excluding hydrogens is 240 g/mol. The van der Waals surface area contributed by atoms with Gasteiger partial charge in [0.15, 0.2) is 0 Å². The third-order valence-electron chi connectivity index (χ3n) is 3.09. The highest BCUT2D eigenvalue weighted by molar-refractivity contribution is 7.98. The van der Waals surface area contributed by atoms with Crippen LogP contribution < -0.4 is 0 Å². The van der Waals surface area contributed by atoms with Gasteiger partial charge in [-0.15, -0.1) is 11.8 Å². The van der Waals surface area contributed by atoms with Crippen molar-refractivity contribution in [2.45, 2.75) is 31.1 Å². The highest BCUT2D eigenvalue weighted by atomic mass is 32.2. The molecule has 0 radical (unpaired) electrons. The summed E-state index contributed by atoms with van der Waals surface area (Å²) in [5.74, 6) is 0.966. The second kappa shape index (κ2) is 6.07. The monoisotopic (exact) mass is 258 g/mol. The van der Waals surface area contributed by atoms with Crippen LogP contribution in [0, 0.1) is 13.8 Å². The number of aryl methyl sites for hydroxylation is 2. The smallest absolute Gasteiger partial charge is 0.0681 e. The van der Waals surface area contributed by atoms with Gasteiger partial charge in [0.1, 0.15) is 0 Å². The Hall–Kier alpha value is -1.25. The van der Waals surface area contributed by atoms with Crippen LogP contribution in [0.2, 0.25) is 0 Å². The van der Waals surface area contributed by atoms with E-state index in [1.54, 1.807) is 0 Å². The van der Waals surface area contributed by atoms with Crippen molar-refractivity contribution in [3.63, 3.8) is 0 Å². The van der Waals surface area contributed by atoms with Gasteiger partial charge in [-0.25, -0.2) is 0 Å². The number of hydrogen-bond acceptors (Lipinski definition) is 2. The molecule has 0 atom stereocenters. The van der Waals surface area contributed by atoms with Gasteiger partial charge in [-0.1, -0.05) is 30.3 Å². The Morgan fingerprint density at radius 3 is 2.17 bits per heavy atom. The zero-order valence-corrected chi connectivity index (χ0v) is 11.6. The second-order valence-corrected chi connectivity index (χ2v) is 5.56. The lowest BCUT2D eigenvalue weighted by molar-refractivity contribution is 0.282. The molecule has 2 aromatic carbocycles. The summed E-state index contributed by atoms with van der Waals surface area (Å²) >= 11 is 1.85. The Bertz CT molecular complexity index is 517. The molecule has 0 fully saturated rings. The van der Waals surface area contributed by atoms with Gasteiger partial charge in [0.2, 0.25) is 0 Å². The van der Waals surface area contributed by atoms with Gasteiger partial charge in [-0.3, -0.25) is 0 Å². The van der Waals surface area contributed by atoms with E-state index >= 15 is 0 Å². The average molecular weight is 258 g/mol. The lowest BCUT2D eigenvalue weighted by Gasteiger charge is -2.06. The summed E-state index contributed by atoms with van der Waals surface area (Å²) in [5, 5.41) is 8.99. The normalized spacial score (nSPS) is 10.6. The molecule has 0 bridgehead atoms. The molecule has 1 N–H and O–H groups in total. The zero-order chi connectivity index (χ0) is 13.0. The molecule has 18 heavy (non-hydrogen) atoms. The topological polar surface area (TPSA) is 20.2 Å². The van der Waals surface area contributed by atoms with E-state index in [0.29, 0.717) is 0 Å². The molecule has 2 aromatic rings. The van der Waals surface area contributed by atoms with Crippen LogP contribution in [0.4, 0.5) is 0 Å². The van der Waals surface area contributed by atoms with Gasteiger partial charge in [0.25, 0.3) is 0 Å². The van der Waals surface area contributed by atoms with Crippen LogP contribution in [0.3, 0.4) is 0 Å². The van der Waals surface area contributed by atoms with Crippen molar-refractivity contribution in [3.8, 4) is 0 Å². The Labute approximate surface area is 113 Å². The molecule has 0 aromatic heterocycles. The first kappa shape index (κ1) is 13.2. The summed E-state index contributed by atoms with van der Waals surface area (Å²) in [6, 6.07) is 14.7. The van der Waals surface area contributed by atoms with Crippen LogP contribution in [-0.4, -0.2) is 5.11 Å². The van der Waals surface area contributed by atoms with Crippen molar-refractivity contribution in [2.24, 2.45) is 0 Å². The third-order valence-corrected chi connectivity index (χ3v) is 4.15. The number of benzene rings is 2. The molecule has 2 rings (SSSR count). The van der Waals surface area contributed by atoms with Gasteiger partial charge >= 0.3 is 0 Å². The highest BCUT2D eigenvalue weighted by Crippen LogP contribution is 2.24. The maximum Gasteiger partial charge on any atom is 0.0681 e. The highest BCUT2D eigenvalue weighted by Gasteiger charge is 1.99. The lowest BCUT2D eigenvalue weighted by Crippen LogP contribution is -1.86. The molecule has 0 spiro atoms. The first-order chi connectivity index (χ1) is 8.69. The van der Waals surface area contributed by atoms with E-state index in [1.165, 1.54) is 21.6 Å². The molecule has 0 saturated carbocycles. The number of thioether (sulfide) groups is 1. The molecule has 0 saturated heterocycles.